The van der Waals surface area contributed by atoms with E-state index < -0.39 is 6.10 Å². The summed E-state index contributed by atoms with van der Waals surface area (Å²) in [5.74, 6) is -0.0469. The Balaban J connectivity index is 2.22. The van der Waals surface area contributed by atoms with Crippen LogP contribution in [-0.4, -0.2) is 39.7 Å². The first-order valence-corrected chi connectivity index (χ1v) is 6.71. The van der Waals surface area contributed by atoms with Gasteiger partial charge >= 0.3 is 0 Å². The van der Waals surface area contributed by atoms with Crippen LogP contribution in [0.15, 0.2) is 12.3 Å². The Morgan fingerprint density at radius 3 is 2.89 bits per heavy atom. The lowest BCUT2D eigenvalue weighted by Gasteiger charge is -2.30. The highest BCUT2D eigenvalue weighted by molar-refractivity contribution is 6.31. The van der Waals surface area contributed by atoms with Gasteiger partial charge < -0.3 is 14.6 Å². The molecule has 2 heterocycles. The topological polar surface area (TPSA) is 45.5 Å². The van der Waals surface area contributed by atoms with E-state index in [0.29, 0.717) is 23.8 Å². The van der Waals surface area contributed by atoms with Gasteiger partial charge in [-0.15, -0.1) is 0 Å². The first-order chi connectivity index (χ1) is 8.49. The summed E-state index contributed by atoms with van der Waals surface area (Å²) in [5, 5.41) is 10.2. The summed E-state index contributed by atoms with van der Waals surface area (Å²) in [6.07, 6.45) is 3.00. The normalized spacial score (nSPS) is 20.5. The van der Waals surface area contributed by atoms with Gasteiger partial charge in [0.25, 0.3) is 5.91 Å². The Labute approximate surface area is 112 Å². The average molecular weight is 271 g/mol. The highest BCUT2D eigenvalue weighted by atomic mass is 35.5. The zero-order valence-corrected chi connectivity index (χ0v) is 11.5. The van der Waals surface area contributed by atoms with Crippen molar-refractivity contribution in [3.05, 3.63) is 23.0 Å². The molecule has 0 aliphatic carbocycles. The first-order valence-electron chi connectivity index (χ1n) is 6.33. The van der Waals surface area contributed by atoms with Crippen molar-refractivity contribution in [3.8, 4) is 0 Å². The first kappa shape index (κ1) is 13.4. The predicted octanol–water partition coefficient (Wildman–Crippen LogP) is 2.32. The number of aromatic nitrogens is 1. The van der Waals surface area contributed by atoms with E-state index in [1.165, 1.54) is 0 Å². The number of carbonyl (C=O) groups excluding carboxylic acids is 1. The van der Waals surface area contributed by atoms with Gasteiger partial charge in [-0.2, -0.15) is 0 Å². The van der Waals surface area contributed by atoms with Gasteiger partial charge in [-0.3, -0.25) is 4.79 Å². The third-order valence-electron chi connectivity index (χ3n) is 3.27. The molecule has 4 nitrogen and oxygen atoms in total. The largest absolute Gasteiger partial charge is 0.391 e. The van der Waals surface area contributed by atoms with Crippen molar-refractivity contribution in [2.75, 3.05) is 13.1 Å². The van der Waals surface area contributed by atoms with Crippen LogP contribution < -0.4 is 0 Å². The summed E-state index contributed by atoms with van der Waals surface area (Å²) >= 11 is 5.98. The van der Waals surface area contributed by atoms with E-state index in [4.69, 9.17) is 11.6 Å². The molecule has 0 radical (unpaired) electrons. The molecule has 0 saturated carbocycles. The smallest absolute Gasteiger partial charge is 0.270 e. The Bertz CT molecular complexity index is 442. The monoisotopic (exact) mass is 270 g/mol. The van der Waals surface area contributed by atoms with Gasteiger partial charge in [0, 0.05) is 25.3 Å². The molecule has 5 heteroatoms. The number of aliphatic hydroxyl groups is 1. The third kappa shape index (κ3) is 2.70. The molecule has 1 saturated heterocycles. The van der Waals surface area contributed by atoms with Crippen molar-refractivity contribution in [3.63, 3.8) is 0 Å². The van der Waals surface area contributed by atoms with E-state index in [1.807, 2.05) is 18.4 Å². The van der Waals surface area contributed by atoms with Gasteiger partial charge in [-0.1, -0.05) is 11.6 Å². The Kier molecular flexibility index (Phi) is 3.97. The molecule has 1 aromatic heterocycles. The van der Waals surface area contributed by atoms with Crippen LogP contribution in [0.5, 0.6) is 0 Å². The zero-order valence-electron chi connectivity index (χ0n) is 10.8. The lowest BCUT2D eigenvalue weighted by molar-refractivity contribution is 0.0464. The molecule has 1 aromatic rings. The molecule has 0 aromatic carbocycles. The van der Waals surface area contributed by atoms with Crippen molar-refractivity contribution < 1.29 is 9.90 Å². The molecule has 1 N–H and O–H groups in total. The molecule has 1 aliphatic heterocycles. The molecular formula is C13H19ClN2O2. The van der Waals surface area contributed by atoms with E-state index >= 15 is 0 Å². The molecule has 1 atom stereocenters. The highest BCUT2D eigenvalue weighted by Gasteiger charge is 2.25. The second-order valence-corrected chi connectivity index (χ2v) is 5.53. The summed E-state index contributed by atoms with van der Waals surface area (Å²) in [6.45, 7) is 5.15. The van der Waals surface area contributed by atoms with Crippen LogP contribution in [0.4, 0.5) is 0 Å². The van der Waals surface area contributed by atoms with E-state index in [1.54, 1.807) is 17.2 Å². The standard InChI is InChI=1S/C13H19ClN2O2/c1-9(2)16-7-10(14)6-12(16)13(18)15-5-3-4-11(17)8-15/h6-7,9,11,17H,3-5,8H2,1-2H3. The van der Waals surface area contributed by atoms with Crippen molar-refractivity contribution in [1.29, 1.82) is 0 Å². The molecule has 100 valence electrons. The molecule has 1 amide bonds. The van der Waals surface area contributed by atoms with Gasteiger partial charge in [-0.05, 0) is 32.8 Å². The summed E-state index contributed by atoms with van der Waals surface area (Å²) in [4.78, 5) is 14.1. The number of β-amino-alcohol motifs (C(OH)–C–C–N with tert-alkyl or cyclic N) is 1. The van der Waals surface area contributed by atoms with Crippen LogP contribution in [0.25, 0.3) is 0 Å². The number of halogens is 1. The predicted molar refractivity (Wildman–Crippen MR) is 71.0 cm³/mol. The fourth-order valence-corrected chi connectivity index (χ4v) is 2.55. The molecule has 1 unspecified atom stereocenters. The van der Waals surface area contributed by atoms with Gasteiger partial charge in [0.1, 0.15) is 5.69 Å². The number of hydrogen-bond donors (Lipinski definition) is 1. The van der Waals surface area contributed by atoms with Crippen LogP contribution in [0.2, 0.25) is 5.02 Å². The summed E-state index contributed by atoms with van der Waals surface area (Å²) in [7, 11) is 0. The maximum Gasteiger partial charge on any atom is 0.270 e. The van der Waals surface area contributed by atoms with Crippen molar-refractivity contribution in [1.82, 2.24) is 9.47 Å². The molecule has 0 spiro atoms. The van der Waals surface area contributed by atoms with Gasteiger partial charge in [0.05, 0.1) is 11.1 Å². The fraction of sp³-hybridized carbons (Fsp3) is 0.615. The number of rotatable bonds is 2. The van der Waals surface area contributed by atoms with Gasteiger partial charge in [-0.25, -0.2) is 0 Å². The minimum atomic E-state index is -0.402. The molecule has 1 fully saturated rings. The molecule has 0 bridgehead atoms. The quantitative estimate of drug-likeness (QED) is 0.896. The molecule has 18 heavy (non-hydrogen) atoms. The van der Waals surface area contributed by atoms with Crippen molar-refractivity contribution in [2.24, 2.45) is 0 Å². The van der Waals surface area contributed by atoms with Crippen molar-refractivity contribution >= 4 is 17.5 Å². The summed E-state index contributed by atoms with van der Waals surface area (Å²) in [5.41, 5.74) is 0.601. The van der Waals surface area contributed by atoms with Gasteiger partial charge in [0.15, 0.2) is 0 Å². The molecule has 1 aliphatic rings. The molecular weight excluding hydrogens is 252 g/mol. The number of nitrogens with zero attached hydrogens (tertiary/aromatic N) is 2. The Hall–Kier alpha value is -1.00. The van der Waals surface area contributed by atoms with Crippen LogP contribution >= 0.6 is 11.6 Å². The fourth-order valence-electron chi connectivity index (χ4n) is 2.35. The number of piperidine rings is 1. The lowest BCUT2D eigenvalue weighted by Crippen LogP contribution is -2.42. The Morgan fingerprint density at radius 2 is 2.28 bits per heavy atom. The minimum absolute atomic E-state index is 0.0469. The summed E-state index contributed by atoms with van der Waals surface area (Å²) in [6, 6.07) is 1.89. The second-order valence-electron chi connectivity index (χ2n) is 5.09. The van der Waals surface area contributed by atoms with E-state index in [0.717, 1.165) is 12.8 Å². The minimum Gasteiger partial charge on any atom is -0.391 e. The third-order valence-corrected chi connectivity index (χ3v) is 3.48. The highest BCUT2D eigenvalue weighted by Crippen LogP contribution is 2.21. The number of amides is 1. The van der Waals surface area contributed by atoms with Crippen LogP contribution in [0.3, 0.4) is 0 Å². The number of likely N-dealkylation sites (tertiary alicyclic amines) is 1. The van der Waals surface area contributed by atoms with Crippen molar-refractivity contribution in [2.45, 2.75) is 38.8 Å². The van der Waals surface area contributed by atoms with Crippen LogP contribution in [0, 0.1) is 0 Å². The zero-order chi connectivity index (χ0) is 13.3. The van der Waals surface area contributed by atoms with E-state index in [2.05, 4.69) is 0 Å². The molecule has 2 rings (SSSR count). The average Bonchev–Trinajstić information content (AvgIpc) is 2.70. The SMILES string of the molecule is CC(C)n1cc(Cl)cc1C(=O)N1CCCC(O)C1. The van der Waals surface area contributed by atoms with E-state index in [9.17, 15) is 9.90 Å². The number of carbonyl (C=O) groups is 1. The Morgan fingerprint density at radius 1 is 1.56 bits per heavy atom. The van der Waals surface area contributed by atoms with E-state index in [-0.39, 0.29) is 11.9 Å². The van der Waals surface area contributed by atoms with Crippen LogP contribution in [0.1, 0.15) is 43.2 Å². The van der Waals surface area contributed by atoms with Crippen LogP contribution in [-0.2, 0) is 0 Å². The lowest BCUT2D eigenvalue weighted by atomic mass is 10.1. The summed E-state index contributed by atoms with van der Waals surface area (Å²) < 4.78 is 1.88. The van der Waals surface area contributed by atoms with Gasteiger partial charge in [0.2, 0.25) is 0 Å². The number of hydrogen-bond acceptors (Lipinski definition) is 2. The maximum atomic E-state index is 12.4. The maximum absolute atomic E-state index is 12.4. The second kappa shape index (κ2) is 5.33. The number of aliphatic hydroxyl groups excluding tert-OH is 1.